The van der Waals surface area contributed by atoms with E-state index in [-0.39, 0.29) is 5.82 Å². The molecule has 0 fully saturated rings. The molecule has 0 spiro atoms. The van der Waals surface area contributed by atoms with E-state index in [0.717, 1.165) is 36.5 Å². The van der Waals surface area contributed by atoms with Gasteiger partial charge in [0.15, 0.2) is 0 Å². The number of rotatable bonds is 3. The molecule has 0 radical (unpaired) electrons. The number of aryl methyl sites for hydroxylation is 2. The van der Waals surface area contributed by atoms with Gasteiger partial charge in [-0.1, -0.05) is 23.7 Å². The van der Waals surface area contributed by atoms with E-state index in [4.69, 9.17) is 11.6 Å². The van der Waals surface area contributed by atoms with Crippen LogP contribution in [0.3, 0.4) is 0 Å². The molecule has 0 unspecified atom stereocenters. The molecule has 0 saturated carbocycles. The summed E-state index contributed by atoms with van der Waals surface area (Å²) in [7, 11) is 2.18. The lowest BCUT2D eigenvalue weighted by atomic mass is 9.97. The van der Waals surface area contributed by atoms with Crippen LogP contribution in [0.2, 0.25) is 5.02 Å². The molecule has 0 aliphatic carbocycles. The van der Waals surface area contributed by atoms with Crippen molar-refractivity contribution in [1.29, 1.82) is 0 Å². The monoisotopic (exact) mass is 356 g/mol. The fourth-order valence-corrected chi connectivity index (χ4v) is 4.16. The first-order chi connectivity index (χ1) is 12.0. The Bertz CT molecular complexity index is 914. The largest absolute Gasteiger partial charge is 0.344 e. The van der Waals surface area contributed by atoms with Crippen molar-refractivity contribution in [2.24, 2.45) is 0 Å². The van der Waals surface area contributed by atoms with E-state index in [9.17, 15) is 4.39 Å². The Hall–Kier alpha value is -1.84. The number of halogens is 2. The predicted octanol–water partition coefficient (Wildman–Crippen LogP) is 5.23. The molecule has 130 valence electrons. The molecule has 1 atom stereocenters. The van der Waals surface area contributed by atoms with Crippen LogP contribution in [0.4, 0.5) is 4.39 Å². The second-order valence-electron chi connectivity index (χ2n) is 6.96. The van der Waals surface area contributed by atoms with Crippen LogP contribution >= 0.6 is 11.6 Å². The fourth-order valence-electron chi connectivity index (χ4n) is 3.99. The van der Waals surface area contributed by atoms with E-state index in [1.807, 2.05) is 18.2 Å². The number of nitrogens with zero attached hydrogens (tertiary/aromatic N) is 2. The summed E-state index contributed by atoms with van der Waals surface area (Å²) in [6, 6.07) is 13.4. The second kappa shape index (κ2) is 6.47. The minimum absolute atomic E-state index is 0.181. The molecule has 25 heavy (non-hydrogen) atoms. The molecule has 2 heterocycles. The Labute approximate surface area is 152 Å². The quantitative estimate of drug-likeness (QED) is 0.624. The number of hydrogen-bond donors (Lipinski definition) is 0. The first kappa shape index (κ1) is 16.6. The van der Waals surface area contributed by atoms with Gasteiger partial charge in [0.25, 0.3) is 0 Å². The van der Waals surface area contributed by atoms with Gasteiger partial charge in [-0.2, -0.15) is 0 Å². The molecule has 4 heteroatoms. The molecule has 2 nitrogen and oxygen atoms in total. The number of fused-ring (bicyclic) bond motifs is 3. The summed E-state index contributed by atoms with van der Waals surface area (Å²) in [6.45, 7) is 4.23. The van der Waals surface area contributed by atoms with Crippen LogP contribution in [-0.4, -0.2) is 23.1 Å². The Morgan fingerprint density at radius 1 is 1.16 bits per heavy atom. The summed E-state index contributed by atoms with van der Waals surface area (Å²) in [6.07, 6.45) is 1.94. The summed E-state index contributed by atoms with van der Waals surface area (Å²) < 4.78 is 15.6. The van der Waals surface area contributed by atoms with Crippen LogP contribution < -0.4 is 0 Å². The third-order valence-electron chi connectivity index (χ3n) is 5.49. The summed E-state index contributed by atoms with van der Waals surface area (Å²) in [4.78, 5) is 2.40. The molecule has 3 aromatic rings. The van der Waals surface area contributed by atoms with Gasteiger partial charge in [-0.3, -0.25) is 4.90 Å². The Morgan fingerprint density at radius 2 is 1.92 bits per heavy atom. The third kappa shape index (κ3) is 2.96. The highest BCUT2D eigenvalue weighted by Crippen LogP contribution is 2.38. The van der Waals surface area contributed by atoms with Crippen LogP contribution in [0.15, 0.2) is 42.5 Å². The molecule has 2 aromatic carbocycles. The SMILES string of the molecule is C[C@H]1c2c(n(CCc3ccc(F)cc3)c3ccc(Cl)cc23)CCN1C. The van der Waals surface area contributed by atoms with Gasteiger partial charge in [0.2, 0.25) is 0 Å². The minimum Gasteiger partial charge on any atom is -0.344 e. The molecule has 0 saturated heterocycles. The van der Waals surface area contributed by atoms with Crippen molar-refractivity contribution in [2.75, 3.05) is 13.6 Å². The molecular weight excluding hydrogens is 335 g/mol. The van der Waals surface area contributed by atoms with Crippen LogP contribution in [-0.2, 0) is 19.4 Å². The zero-order chi connectivity index (χ0) is 17.6. The average molecular weight is 357 g/mol. The van der Waals surface area contributed by atoms with Gasteiger partial charge in [0.1, 0.15) is 5.82 Å². The normalized spacial score (nSPS) is 17.8. The Balaban J connectivity index is 1.76. The van der Waals surface area contributed by atoms with Crippen molar-refractivity contribution < 1.29 is 4.39 Å². The van der Waals surface area contributed by atoms with E-state index >= 15 is 0 Å². The van der Waals surface area contributed by atoms with Gasteiger partial charge in [-0.05, 0) is 61.9 Å². The van der Waals surface area contributed by atoms with Crippen molar-refractivity contribution in [3.8, 4) is 0 Å². The maximum absolute atomic E-state index is 13.1. The lowest BCUT2D eigenvalue weighted by Crippen LogP contribution is -2.31. The van der Waals surface area contributed by atoms with E-state index < -0.39 is 0 Å². The van der Waals surface area contributed by atoms with Crippen LogP contribution in [0.25, 0.3) is 10.9 Å². The van der Waals surface area contributed by atoms with Gasteiger partial charge in [0.05, 0.1) is 0 Å². The first-order valence-corrected chi connectivity index (χ1v) is 9.17. The molecular formula is C21H22ClFN2. The molecule has 4 rings (SSSR count). The lowest BCUT2D eigenvalue weighted by Gasteiger charge is -2.31. The second-order valence-corrected chi connectivity index (χ2v) is 7.39. The molecule has 0 N–H and O–H groups in total. The van der Waals surface area contributed by atoms with Crippen molar-refractivity contribution in [1.82, 2.24) is 9.47 Å². The van der Waals surface area contributed by atoms with Crippen molar-refractivity contribution in [3.63, 3.8) is 0 Å². The van der Waals surface area contributed by atoms with E-state index in [1.165, 1.54) is 34.3 Å². The third-order valence-corrected chi connectivity index (χ3v) is 5.73. The number of benzene rings is 2. The topological polar surface area (TPSA) is 8.17 Å². The van der Waals surface area contributed by atoms with Gasteiger partial charge in [-0.15, -0.1) is 0 Å². The van der Waals surface area contributed by atoms with Crippen molar-refractivity contribution in [2.45, 2.75) is 32.4 Å². The van der Waals surface area contributed by atoms with Gasteiger partial charge in [0, 0.05) is 47.2 Å². The zero-order valence-corrected chi connectivity index (χ0v) is 15.4. The summed E-state index contributed by atoms with van der Waals surface area (Å²) >= 11 is 6.28. The van der Waals surface area contributed by atoms with Crippen LogP contribution in [0, 0.1) is 5.82 Å². The standard InChI is InChI=1S/C21H22ClFN2/c1-14-21-18-13-16(22)5-8-19(18)25(20(21)10-11-24(14)2)12-9-15-3-6-17(23)7-4-15/h3-8,13-14H,9-12H2,1-2H3/t14-/m0/s1. The van der Waals surface area contributed by atoms with E-state index in [1.54, 1.807) is 0 Å². The highest BCUT2D eigenvalue weighted by atomic mass is 35.5. The Morgan fingerprint density at radius 3 is 2.68 bits per heavy atom. The highest BCUT2D eigenvalue weighted by Gasteiger charge is 2.27. The summed E-state index contributed by atoms with van der Waals surface area (Å²) in [5, 5.41) is 2.05. The highest BCUT2D eigenvalue weighted by molar-refractivity contribution is 6.31. The number of aromatic nitrogens is 1. The lowest BCUT2D eigenvalue weighted by molar-refractivity contribution is 0.245. The smallest absolute Gasteiger partial charge is 0.123 e. The summed E-state index contributed by atoms with van der Waals surface area (Å²) in [5.41, 5.74) is 5.24. The number of hydrogen-bond acceptors (Lipinski definition) is 1. The fraction of sp³-hybridized carbons (Fsp3) is 0.333. The van der Waals surface area contributed by atoms with Crippen LogP contribution in [0.1, 0.15) is 29.8 Å². The van der Waals surface area contributed by atoms with E-state index in [0.29, 0.717) is 6.04 Å². The van der Waals surface area contributed by atoms with E-state index in [2.05, 4.69) is 35.6 Å². The maximum Gasteiger partial charge on any atom is 0.123 e. The van der Waals surface area contributed by atoms with Gasteiger partial charge >= 0.3 is 0 Å². The maximum atomic E-state index is 13.1. The van der Waals surface area contributed by atoms with Crippen molar-refractivity contribution in [3.05, 3.63) is 70.1 Å². The van der Waals surface area contributed by atoms with Crippen LogP contribution in [0.5, 0.6) is 0 Å². The number of likely N-dealkylation sites (N-methyl/N-ethyl adjacent to an activating group) is 1. The molecule has 1 aliphatic rings. The van der Waals surface area contributed by atoms with Gasteiger partial charge < -0.3 is 4.57 Å². The minimum atomic E-state index is -0.181. The zero-order valence-electron chi connectivity index (χ0n) is 14.6. The molecule has 1 aromatic heterocycles. The average Bonchev–Trinajstić information content (AvgIpc) is 2.91. The molecule has 1 aliphatic heterocycles. The van der Waals surface area contributed by atoms with Gasteiger partial charge in [-0.25, -0.2) is 4.39 Å². The molecule has 0 amide bonds. The molecule has 0 bridgehead atoms. The summed E-state index contributed by atoms with van der Waals surface area (Å²) in [5.74, 6) is -0.181. The Kier molecular flexibility index (Phi) is 4.30. The first-order valence-electron chi connectivity index (χ1n) is 8.80. The van der Waals surface area contributed by atoms with Crippen molar-refractivity contribution >= 4 is 22.5 Å². The predicted molar refractivity (Wildman–Crippen MR) is 102 cm³/mol.